The minimum absolute atomic E-state index is 0.803. The van der Waals surface area contributed by atoms with Crippen LogP contribution in [0.4, 0.5) is 0 Å². The van der Waals surface area contributed by atoms with Crippen LogP contribution in [0, 0.1) is 35.0 Å². The molecule has 6 unspecified atom stereocenters. The predicted molar refractivity (Wildman–Crippen MR) is 71.6 cm³/mol. The van der Waals surface area contributed by atoms with Crippen LogP contribution in [0.25, 0.3) is 0 Å². The maximum Gasteiger partial charge on any atom is -0.0165 e. The Bertz CT molecular complexity index is 342. The predicted octanol–water partition coefficient (Wildman–Crippen LogP) is 4.81. The maximum atomic E-state index is 2.62. The first kappa shape index (κ1) is 10.6. The van der Waals surface area contributed by atoms with Gasteiger partial charge in [0.05, 0.1) is 0 Å². The zero-order chi connectivity index (χ0) is 11.5. The van der Waals surface area contributed by atoms with E-state index in [1.807, 2.05) is 0 Å². The Labute approximate surface area is 106 Å². The molecule has 94 valence electrons. The zero-order valence-electron chi connectivity index (χ0n) is 11.2. The van der Waals surface area contributed by atoms with E-state index in [4.69, 9.17) is 0 Å². The van der Waals surface area contributed by atoms with Gasteiger partial charge < -0.3 is 0 Å². The Morgan fingerprint density at radius 2 is 2.06 bits per heavy atom. The Morgan fingerprint density at radius 1 is 1.12 bits per heavy atom. The van der Waals surface area contributed by atoms with Crippen LogP contribution < -0.4 is 0 Å². The van der Waals surface area contributed by atoms with Gasteiger partial charge >= 0.3 is 0 Å². The second-order valence-corrected chi connectivity index (χ2v) is 7.26. The summed E-state index contributed by atoms with van der Waals surface area (Å²) >= 11 is 0. The second-order valence-electron chi connectivity index (χ2n) is 7.26. The standard InChI is InChI=1S/C17H26/c1-2-3-4-9-17-14-7-5-12(10-14)16(17)13-6-8-15(17)11-13/h5,7,12-16H,2-4,6,8-11H2,1H3. The molecule has 0 amide bonds. The maximum absolute atomic E-state index is 2.62. The van der Waals surface area contributed by atoms with Crippen LogP contribution in [-0.4, -0.2) is 0 Å². The third-order valence-corrected chi connectivity index (χ3v) is 6.84. The van der Waals surface area contributed by atoms with E-state index in [1.54, 1.807) is 25.7 Å². The van der Waals surface area contributed by atoms with Gasteiger partial charge in [0.2, 0.25) is 0 Å². The third kappa shape index (κ3) is 1.20. The molecule has 0 spiro atoms. The van der Waals surface area contributed by atoms with Crippen LogP contribution in [0.15, 0.2) is 12.2 Å². The molecule has 4 aliphatic rings. The van der Waals surface area contributed by atoms with Gasteiger partial charge in [-0.2, -0.15) is 0 Å². The molecule has 0 heterocycles. The van der Waals surface area contributed by atoms with Crippen molar-refractivity contribution in [2.45, 2.75) is 58.3 Å². The lowest BCUT2D eigenvalue weighted by Crippen LogP contribution is -2.39. The molecule has 3 fully saturated rings. The van der Waals surface area contributed by atoms with Gasteiger partial charge in [0.1, 0.15) is 0 Å². The lowest BCUT2D eigenvalue weighted by atomic mass is 9.59. The summed E-state index contributed by atoms with van der Waals surface area (Å²) < 4.78 is 0. The molecule has 17 heavy (non-hydrogen) atoms. The van der Waals surface area contributed by atoms with Gasteiger partial charge in [-0.25, -0.2) is 0 Å². The topological polar surface area (TPSA) is 0 Å². The second kappa shape index (κ2) is 3.62. The molecule has 0 aromatic carbocycles. The molecule has 0 heteroatoms. The first-order valence-corrected chi connectivity index (χ1v) is 8.04. The van der Waals surface area contributed by atoms with Crippen LogP contribution >= 0.6 is 0 Å². The van der Waals surface area contributed by atoms with E-state index in [2.05, 4.69) is 19.1 Å². The van der Waals surface area contributed by atoms with E-state index in [9.17, 15) is 0 Å². The minimum Gasteiger partial charge on any atom is -0.0848 e. The number of unbranched alkanes of at least 4 members (excludes halogenated alkanes) is 2. The fourth-order valence-corrected chi connectivity index (χ4v) is 6.47. The molecule has 4 rings (SSSR count). The van der Waals surface area contributed by atoms with Gasteiger partial charge in [-0.05, 0) is 67.1 Å². The number of fused-ring (bicyclic) bond motifs is 9. The fourth-order valence-electron chi connectivity index (χ4n) is 6.47. The van der Waals surface area contributed by atoms with Crippen molar-refractivity contribution in [2.75, 3.05) is 0 Å². The average Bonchev–Trinajstić information content (AvgIpc) is 3.08. The fraction of sp³-hybridized carbons (Fsp3) is 0.882. The molecule has 0 aromatic rings. The molecule has 0 radical (unpaired) electrons. The molecule has 4 aliphatic carbocycles. The Kier molecular flexibility index (Phi) is 2.27. The average molecular weight is 230 g/mol. The van der Waals surface area contributed by atoms with Crippen molar-refractivity contribution in [3.8, 4) is 0 Å². The molecule has 0 aromatic heterocycles. The van der Waals surface area contributed by atoms with Gasteiger partial charge in [0.15, 0.2) is 0 Å². The first-order chi connectivity index (χ1) is 8.36. The lowest BCUT2D eigenvalue weighted by Gasteiger charge is -2.46. The van der Waals surface area contributed by atoms with Crippen LogP contribution in [-0.2, 0) is 0 Å². The van der Waals surface area contributed by atoms with Crippen molar-refractivity contribution in [3.05, 3.63) is 12.2 Å². The molecule has 3 saturated carbocycles. The lowest BCUT2D eigenvalue weighted by molar-refractivity contribution is 0.0506. The molecular formula is C17H26. The van der Waals surface area contributed by atoms with E-state index >= 15 is 0 Å². The summed E-state index contributed by atoms with van der Waals surface area (Å²) in [5.41, 5.74) is 0.803. The van der Waals surface area contributed by atoms with E-state index in [1.165, 1.54) is 25.7 Å². The summed E-state index contributed by atoms with van der Waals surface area (Å²) in [6, 6.07) is 0. The largest absolute Gasteiger partial charge is 0.0848 e. The van der Waals surface area contributed by atoms with Crippen LogP contribution in [0.1, 0.15) is 58.3 Å². The highest BCUT2D eigenvalue weighted by Crippen LogP contribution is 2.73. The van der Waals surface area contributed by atoms with E-state index in [0.29, 0.717) is 0 Å². The molecule has 0 aliphatic heterocycles. The SMILES string of the molecule is CCCCCC12C3C=CC(C3)C1C1CCC2C1. The third-order valence-electron chi connectivity index (χ3n) is 6.84. The van der Waals surface area contributed by atoms with Crippen molar-refractivity contribution in [1.29, 1.82) is 0 Å². The summed E-state index contributed by atoms with van der Waals surface area (Å²) in [7, 11) is 0. The highest BCUT2D eigenvalue weighted by Gasteiger charge is 2.66. The Hall–Kier alpha value is -0.260. The van der Waals surface area contributed by atoms with E-state index in [0.717, 1.165) is 35.0 Å². The minimum atomic E-state index is 0.803. The van der Waals surface area contributed by atoms with Crippen molar-refractivity contribution in [1.82, 2.24) is 0 Å². The van der Waals surface area contributed by atoms with Crippen LogP contribution in [0.3, 0.4) is 0 Å². The first-order valence-electron chi connectivity index (χ1n) is 8.04. The molecule has 6 atom stereocenters. The molecule has 4 bridgehead atoms. The number of hydrogen-bond acceptors (Lipinski definition) is 0. The van der Waals surface area contributed by atoms with Gasteiger partial charge in [0, 0.05) is 0 Å². The van der Waals surface area contributed by atoms with Crippen molar-refractivity contribution >= 4 is 0 Å². The van der Waals surface area contributed by atoms with Crippen molar-refractivity contribution in [2.24, 2.45) is 35.0 Å². The van der Waals surface area contributed by atoms with Gasteiger partial charge in [-0.3, -0.25) is 0 Å². The molecule has 0 saturated heterocycles. The van der Waals surface area contributed by atoms with Crippen molar-refractivity contribution < 1.29 is 0 Å². The van der Waals surface area contributed by atoms with Crippen LogP contribution in [0.2, 0.25) is 0 Å². The van der Waals surface area contributed by atoms with E-state index < -0.39 is 0 Å². The van der Waals surface area contributed by atoms with Gasteiger partial charge in [0.25, 0.3) is 0 Å². The number of hydrogen-bond donors (Lipinski definition) is 0. The Morgan fingerprint density at radius 3 is 2.94 bits per heavy atom. The number of allylic oxidation sites excluding steroid dienone is 2. The summed E-state index contributed by atoms with van der Waals surface area (Å²) in [6.07, 6.45) is 17.4. The van der Waals surface area contributed by atoms with Crippen molar-refractivity contribution in [3.63, 3.8) is 0 Å². The highest BCUT2D eigenvalue weighted by molar-refractivity contribution is 5.25. The van der Waals surface area contributed by atoms with Gasteiger partial charge in [-0.15, -0.1) is 0 Å². The zero-order valence-corrected chi connectivity index (χ0v) is 11.2. The summed E-state index contributed by atoms with van der Waals surface area (Å²) in [6.45, 7) is 2.34. The number of rotatable bonds is 4. The van der Waals surface area contributed by atoms with E-state index in [-0.39, 0.29) is 0 Å². The smallest absolute Gasteiger partial charge is 0.0165 e. The summed E-state index contributed by atoms with van der Waals surface area (Å²) in [4.78, 5) is 0. The Balaban J connectivity index is 1.64. The quantitative estimate of drug-likeness (QED) is 0.369. The van der Waals surface area contributed by atoms with Crippen LogP contribution in [0.5, 0.6) is 0 Å². The molecular weight excluding hydrogens is 204 g/mol. The monoisotopic (exact) mass is 230 g/mol. The highest BCUT2D eigenvalue weighted by atomic mass is 14.7. The summed E-state index contributed by atoms with van der Waals surface area (Å²) in [5, 5.41) is 0. The molecule has 0 nitrogen and oxygen atoms in total. The molecule has 0 N–H and O–H groups in total. The normalized spacial score (nSPS) is 53.6. The van der Waals surface area contributed by atoms with Gasteiger partial charge in [-0.1, -0.05) is 38.3 Å². The summed E-state index contributed by atoms with van der Waals surface area (Å²) in [5.74, 6) is 5.35.